The SMILES string of the molecule is Cc1cn2c(n1)NC1CCNCC1C2. The zero-order valence-corrected chi connectivity index (χ0v) is 8.45. The van der Waals surface area contributed by atoms with Crippen molar-refractivity contribution in [1.29, 1.82) is 0 Å². The summed E-state index contributed by atoms with van der Waals surface area (Å²) < 4.78 is 2.24. The van der Waals surface area contributed by atoms with Crippen LogP contribution >= 0.6 is 0 Å². The molecule has 0 aromatic carbocycles. The molecule has 2 atom stereocenters. The van der Waals surface area contributed by atoms with Gasteiger partial charge in [0.2, 0.25) is 5.95 Å². The molecule has 0 radical (unpaired) electrons. The standard InChI is InChI=1S/C10H16N4/c1-7-5-14-6-8-4-11-3-2-9(8)13-10(14)12-7/h5,8-9,11H,2-4,6H2,1H3,(H,12,13). The predicted octanol–water partition coefficient (Wildman–Crippen LogP) is 0.595. The van der Waals surface area contributed by atoms with Gasteiger partial charge >= 0.3 is 0 Å². The maximum atomic E-state index is 4.47. The molecule has 0 bridgehead atoms. The summed E-state index contributed by atoms with van der Waals surface area (Å²) in [6, 6.07) is 0.630. The van der Waals surface area contributed by atoms with Gasteiger partial charge in [-0.25, -0.2) is 4.98 Å². The third kappa shape index (κ3) is 1.21. The van der Waals surface area contributed by atoms with Gasteiger partial charge < -0.3 is 15.2 Å². The summed E-state index contributed by atoms with van der Waals surface area (Å²) in [7, 11) is 0. The number of aromatic nitrogens is 2. The number of nitrogens with zero attached hydrogens (tertiary/aromatic N) is 2. The van der Waals surface area contributed by atoms with Gasteiger partial charge in [-0.2, -0.15) is 0 Å². The van der Waals surface area contributed by atoms with Crippen LogP contribution in [0, 0.1) is 12.8 Å². The van der Waals surface area contributed by atoms with Gasteiger partial charge in [-0.15, -0.1) is 0 Å². The molecule has 2 aliphatic heterocycles. The lowest BCUT2D eigenvalue weighted by molar-refractivity contribution is 0.290. The minimum atomic E-state index is 0.630. The minimum Gasteiger partial charge on any atom is -0.352 e. The van der Waals surface area contributed by atoms with Crippen LogP contribution in [0.3, 0.4) is 0 Å². The lowest BCUT2D eigenvalue weighted by Crippen LogP contribution is -2.48. The van der Waals surface area contributed by atoms with Crippen molar-refractivity contribution in [3.05, 3.63) is 11.9 Å². The zero-order valence-electron chi connectivity index (χ0n) is 8.45. The highest BCUT2D eigenvalue weighted by molar-refractivity contribution is 5.33. The van der Waals surface area contributed by atoms with Crippen LogP contribution in [0.25, 0.3) is 0 Å². The second-order valence-corrected chi connectivity index (χ2v) is 4.36. The van der Waals surface area contributed by atoms with Crippen LogP contribution in [0.4, 0.5) is 5.95 Å². The molecule has 1 saturated heterocycles. The first kappa shape index (κ1) is 8.29. The van der Waals surface area contributed by atoms with E-state index in [1.165, 1.54) is 6.42 Å². The quantitative estimate of drug-likeness (QED) is 0.632. The predicted molar refractivity (Wildman–Crippen MR) is 55.4 cm³/mol. The van der Waals surface area contributed by atoms with Crippen molar-refractivity contribution >= 4 is 5.95 Å². The highest BCUT2D eigenvalue weighted by Gasteiger charge is 2.30. The molecule has 2 N–H and O–H groups in total. The fraction of sp³-hybridized carbons (Fsp3) is 0.700. The minimum absolute atomic E-state index is 0.630. The summed E-state index contributed by atoms with van der Waals surface area (Å²) in [5, 5.41) is 6.98. The Bertz CT molecular complexity index is 312. The number of nitrogens with one attached hydrogen (secondary N) is 2. The van der Waals surface area contributed by atoms with Gasteiger partial charge in [-0.3, -0.25) is 0 Å². The van der Waals surface area contributed by atoms with Crippen LogP contribution in [0.1, 0.15) is 12.1 Å². The average molecular weight is 192 g/mol. The number of fused-ring (bicyclic) bond motifs is 2. The Morgan fingerprint density at radius 3 is 3.43 bits per heavy atom. The summed E-state index contributed by atoms with van der Waals surface area (Å²) >= 11 is 0. The molecule has 4 heteroatoms. The van der Waals surface area contributed by atoms with Crippen molar-refractivity contribution < 1.29 is 0 Å². The van der Waals surface area contributed by atoms with Crippen LogP contribution in [0.5, 0.6) is 0 Å². The number of hydrogen-bond donors (Lipinski definition) is 2. The van der Waals surface area contributed by atoms with Crippen LogP contribution < -0.4 is 10.6 Å². The summed E-state index contributed by atoms with van der Waals surface area (Å²) in [5.41, 5.74) is 1.11. The fourth-order valence-electron chi connectivity index (χ4n) is 2.52. The van der Waals surface area contributed by atoms with Crippen molar-refractivity contribution in [2.45, 2.75) is 25.9 Å². The first-order chi connectivity index (χ1) is 6.83. The van der Waals surface area contributed by atoms with E-state index >= 15 is 0 Å². The highest BCUT2D eigenvalue weighted by atomic mass is 15.2. The summed E-state index contributed by atoms with van der Waals surface area (Å²) in [5.74, 6) is 1.79. The first-order valence-corrected chi connectivity index (χ1v) is 5.34. The molecule has 0 aliphatic carbocycles. The van der Waals surface area contributed by atoms with Gasteiger partial charge in [-0.1, -0.05) is 0 Å². The van der Waals surface area contributed by atoms with E-state index in [0.717, 1.165) is 37.2 Å². The molecule has 0 saturated carbocycles. The zero-order chi connectivity index (χ0) is 9.54. The number of aryl methyl sites for hydroxylation is 1. The Hall–Kier alpha value is -1.03. The topological polar surface area (TPSA) is 41.9 Å². The van der Waals surface area contributed by atoms with Crippen LogP contribution in [0.2, 0.25) is 0 Å². The normalized spacial score (nSPS) is 30.4. The maximum absolute atomic E-state index is 4.47. The van der Waals surface area contributed by atoms with Gasteiger partial charge in [0.25, 0.3) is 0 Å². The molecule has 1 aromatic rings. The van der Waals surface area contributed by atoms with Gasteiger partial charge in [0.05, 0.1) is 5.69 Å². The molecule has 1 fully saturated rings. The number of imidazole rings is 1. The summed E-state index contributed by atoms with van der Waals surface area (Å²) in [6.07, 6.45) is 3.35. The lowest BCUT2D eigenvalue weighted by atomic mass is 9.92. The molecule has 4 nitrogen and oxygen atoms in total. The van der Waals surface area contributed by atoms with E-state index < -0.39 is 0 Å². The molecule has 3 rings (SSSR count). The average Bonchev–Trinajstić information content (AvgIpc) is 2.53. The highest BCUT2D eigenvalue weighted by Crippen LogP contribution is 2.25. The molecular weight excluding hydrogens is 176 g/mol. The molecule has 1 aromatic heterocycles. The molecule has 2 unspecified atom stereocenters. The van der Waals surface area contributed by atoms with Crippen molar-refractivity contribution in [2.75, 3.05) is 18.4 Å². The second kappa shape index (κ2) is 2.98. The Balaban J connectivity index is 1.90. The van der Waals surface area contributed by atoms with Crippen LogP contribution in [-0.4, -0.2) is 28.7 Å². The second-order valence-electron chi connectivity index (χ2n) is 4.36. The molecule has 14 heavy (non-hydrogen) atoms. The molecular formula is C10H16N4. The van der Waals surface area contributed by atoms with E-state index in [1.807, 2.05) is 0 Å². The maximum Gasteiger partial charge on any atom is 0.203 e. The molecule has 2 aliphatic rings. The smallest absolute Gasteiger partial charge is 0.203 e. The number of anilines is 1. The lowest BCUT2D eigenvalue weighted by Gasteiger charge is -2.37. The monoisotopic (exact) mass is 192 g/mol. The number of piperidine rings is 1. The first-order valence-electron chi connectivity index (χ1n) is 5.34. The summed E-state index contributed by atoms with van der Waals surface area (Å²) in [4.78, 5) is 4.47. The van der Waals surface area contributed by atoms with E-state index in [1.54, 1.807) is 0 Å². The Morgan fingerprint density at radius 1 is 1.57 bits per heavy atom. The van der Waals surface area contributed by atoms with Gasteiger partial charge in [-0.05, 0) is 19.9 Å². The van der Waals surface area contributed by atoms with E-state index in [9.17, 15) is 0 Å². The van der Waals surface area contributed by atoms with Crippen LogP contribution in [0.15, 0.2) is 6.20 Å². The Morgan fingerprint density at radius 2 is 2.50 bits per heavy atom. The Kier molecular flexibility index (Phi) is 1.77. The van der Waals surface area contributed by atoms with Crippen molar-refractivity contribution in [1.82, 2.24) is 14.9 Å². The number of hydrogen-bond acceptors (Lipinski definition) is 3. The molecule has 0 amide bonds. The van der Waals surface area contributed by atoms with E-state index in [4.69, 9.17) is 0 Å². The van der Waals surface area contributed by atoms with Crippen molar-refractivity contribution in [3.8, 4) is 0 Å². The van der Waals surface area contributed by atoms with Gasteiger partial charge in [0.1, 0.15) is 0 Å². The molecule has 0 spiro atoms. The van der Waals surface area contributed by atoms with E-state index in [0.29, 0.717) is 6.04 Å². The third-order valence-corrected chi connectivity index (χ3v) is 3.25. The fourth-order valence-corrected chi connectivity index (χ4v) is 2.52. The summed E-state index contributed by atoms with van der Waals surface area (Å²) in [6.45, 7) is 5.43. The third-order valence-electron chi connectivity index (χ3n) is 3.25. The van der Waals surface area contributed by atoms with E-state index in [-0.39, 0.29) is 0 Å². The van der Waals surface area contributed by atoms with Crippen molar-refractivity contribution in [3.63, 3.8) is 0 Å². The molecule has 3 heterocycles. The van der Waals surface area contributed by atoms with Crippen molar-refractivity contribution in [2.24, 2.45) is 5.92 Å². The largest absolute Gasteiger partial charge is 0.352 e. The van der Waals surface area contributed by atoms with Gasteiger partial charge in [0, 0.05) is 31.2 Å². The molecule has 76 valence electrons. The number of rotatable bonds is 0. The van der Waals surface area contributed by atoms with Crippen LogP contribution in [-0.2, 0) is 6.54 Å². The van der Waals surface area contributed by atoms with Gasteiger partial charge in [0.15, 0.2) is 0 Å². The van der Waals surface area contributed by atoms with E-state index in [2.05, 4.69) is 33.3 Å². The Labute approximate surface area is 83.7 Å².